The fourth-order valence-electron chi connectivity index (χ4n) is 0. The first-order valence-electron chi connectivity index (χ1n) is 0. The summed E-state index contributed by atoms with van der Waals surface area (Å²) in [4.78, 5) is 0. The van der Waals surface area contributed by atoms with E-state index in [1.54, 1.807) is 0 Å². The normalized spacial score (nSPS) is 0. The quantitative estimate of drug-likeness (QED) is 0.348. The second-order valence-electron chi connectivity index (χ2n) is 0. The zero-order valence-electron chi connectivity index (χ0n) is 2.25. The van der Waals surface area contributed by atoms with Gasteiger partial charge in [-0.25, -0.2) is 0 Å². The van der Waals surface area contributed by atoms with Crippen LogP contribution in [-0.2, 0) is 17.1 Å². The Morgan fingerprint density at radius 2 is 0.600 bits per heavy atom. The van der Waals surface area contributed by atoms with Crippen LogP contribution >= 0.6 is 0 Å². The molecule has 0 heterocycles. The van der Waals surface area contributed by atoms with Gasteiger partial charge in [-0.3, -0.25) is 0 Å². The summed E-state index contributed by atoms with van der Waals surface area (Å²) in [5.74, 6) is 0. The zero-order chi connectivity index (χ0) is 0. The third kappa shape index (κ3) is 188. The van der Waals surface area contributed by atoms with Crippen LogP contribution in [0.15, 0.2) is 0 Å². The van der Waals surface area contributed by atoms with Gasteiger partial charge in [0.25, 0.3) is 0 Å². The van der Waals surface area contributed by atoms with E-state index in [4.69, 9.17) is 0 Å². The molecule has 6 N–H and O–H groups in total. The fraction of sp³-hybridized carbons (Fsp3) is 0. The Bertz CT molecular complexity index is 3.61. The van der Waals surface area contributed by atoms with Gasteiger partial charge in [0.05, 0.1) is 0 Å². The molecule has 0 aliphatic heterocycles. The van der Waals surface area contributed by atoms with Crippen molar-refractivity contribution in [1.82, 2.24) is 0 Å². The molecule has 0 aromatic carbocycles. The Kier molecular flexibility index (Phi) is 60000. The molecule has 0 rings (SSSR count). The van der Waals surface area contributed by atoms with E-state index in [0.29, 0.717) is 0 Å². The van der Waals surface area contributed by atoms with Crippen LogP contribution in [0.5, 0.6) is 0 Å². The fourth-order valence-corrected chi connectivity index (χ4v) is 0. The molecular weight excluding hydrogens is 120 g/mol. The van der Waals surface area contributed by atoms with E-state index in [1.165, 1.54) is 0 Å². The molecule has 0 radical (unpaired) electrons. The zero-order valence-corrected chi connectivity index (χ0v) is 3.35. The Balaban J connectivity index is 0. The third-order valence-electron chi connectivity index (χ3n) is 0. The molecule has 5 heteroatoms. The van der Waals surface area contributed by atoms with Crippen molar-refractivity contribution < 1.29 is 39.0 Å². The van der Waals surface area contributed by atoms with Gasteiger partial charge in [0.1, 0.15) is 0 Å². The van der Waals surface area contributed by atoms with Crippen LogP contribution in [-0.4, -0.2) is 21.9 Å². The van der Waals surface area contributed by atoms with Crippen molar-refractivity contribution in [3.63, 3.8) is 0 Å². The first kappa shape index (κ1) is 788. The van der Waals surface area contributed by atoms with Gasteiger partial charge in [-0.15, -0.1) is 0 Å². The standard InChI is InChI=1S/Fe.4H2O/h;4*1H2/q+2;;;;/p-2. The Labute approximate surface area is 39.9 Å². The predicted molar refractivity (Wildman–Crippen MR) is 11.1 cm³/mol. The molecule has 38 valence electrons. The molecule has 0 aliphatic rings. The molecule has 0 atom stereocenters. The molecule has 0 aromatic heterocycles. The summed E-state index contributed by atoms with van der Waals surface area (Å²) >= 11 is 0. The van der Waals surface area contributed by atoms with Crippen molar-refractivity contribution in [2.75, 3.05) is 0 Å². The minimum Gasteiger partial charge on any atom is -0.870 e. The van der Waals surface area contributed by atoms with Crippen LogP contribution in [0.2, 0.25) is 0 Å². The van der Waals surface area contributed by atoms with Gasteiger partial charge in [-0.05, 0) is 0 Å². The average Bonchev–Trinajstić information content (AvgIpc) is 0. The molecular formula is H6FeO4. The van der Waals surface area contributed by atoms with E-state index in [1.807, 2.05) is 0 Å². The van der Waals surface area contributed by atoms with E-state index in [-0.39, 0.29) is 39.0 Å². The predicted octanol–water partition coefficient (Wildman–Crippen LogP) is -2.01. The van der Waals surface area contributed by atoms with Crippen LogP contribution in [0.1, 0.15) is 0 Å². The van der Waals surface area contributed by atoms with Crippen LogP contribution in [0.25, 0.3) is 0 Å². The van der Waals surface area contributed by atoms with Crippen molar-refractivity contribution in [2.45, 2.75) is 0 Å². The second kappa shape index (κ2) is 381. The molecule has 0 fully saturated rings. The molecule has 0 saturated heterocycles. The summed E-state index contributed by atoms with van der Waals surface area (Å²) in [5, 5.41) is 0. The SMILES string of the molecule is O.O.[Fe+2].[OH-].[OH-]. The Morgan fingerprint density at radius 3 is 0.600 bits per heavy atom. The van der Waals surface area contributed by atoms with Crippen LogP contribution in [0.4, 0.5) is 0 Å². The van der Waals surface area contributed by atoms with Gasteiger partial charge in [0, 0.05) is 0 Å². The van der Waals surface area contributed by atoms with Crippen LogP contribution in [0, 0.1) is 0 Å². The largest absolute Gasteiger partial charge is 2.00 e. The second-order valence-corrected chi connectivity index (χ2v) is 0. The topological polar surface area (TPSA) is 123 Å². The summed E-state index contributed by atoms with van der Waals surface area (Å²) in [5.41, 5.74) is 0. The van der Waals surface area contributed by atoms with Crippen molar-refractivity contribution >= 4 is 0 Å². The number of hydrogen-bond donors (Lipinski definition) is 0. The van der Waals surface area contributed by atoms with Gasteiger partial charge < -0.3 is 21.9 Å². The molecule has 0 amide bonds. The molecule has 0 aliphatic carbocycles. The maximum Gasteiger partial charge on any atom is 2.00 e. The molecule has 5 heavy (non-hydrogen) atoms. The van der Waals surface area contributed by atoms with E-state index in [9.17, 15) is 0 Å². The van der Waals surface area contributed by atoms with E-state index < -0.39 is 0 Å². The van der Waals surface area contributed by atoms with Gasteiger partial charge in [0.2, 0.25) is 0 Å². The molecule has 0 unspecified atom stereocenters. The maximum absolute atomic E-state index is 0. The molecule has 0 bridgehead atoms. The maximum atomic E-state index is 0. The van der Waals surface area contributed by atoms with Crippen molar-refractivity contribution in [2.24, 2.45) is 0 Å². The summed E-state index contributed by atoms with van der Waals surface area (Å²) in [6, 6.07) is 0. The smallest absolute Gasteiger partial charge is 0.870 e. The van der Waals surface area contributed by atoms with Crippen molar-refractivity contribution in [1.29, 1.82) is 0 Å². The average molecular weight is 126 g/mol. The van der Waals surface area contributed by atoms with Crippen LogP contribution < -0.4 is 0 Å². The molecule has 4 nitrogen and oxygen atoms in total. The van der Waals surface area contributed by atoms with Gasteiger partial charge in [-0.1, -0.05) is 0 Å². The third-order valence-corrected chi connectivity index (χ3v) is 0. The monoisotopic (exact) mass is 126 g/mol. The Hall–Kier alpha value is 0.359. The first-order valence-corrected chi connectivity index (χ1v) is 0. The van der Waals surface area contributed by atoms with Crippen molar-refractivity contribution in [3.8, 4) is 0 Å². The minimum absolute atomic E-state index is 0. The number of hydrogen-bond acceptors (Lipinski definition) is 2. The van der Waals surface area contributed by atoms with Gasteiger partial charge in [-0.2, -0.15) is 0 Å². The summed E-state index contributed by atoms with van der Waals surface area (Å²) in [7, 11) is 0. The van der Waals surface area contributed by atoms with Crippen LogP contribution in [0.3, 0.4) is 0 Å². The number of rotatable bonds is 0. The van der Waals surface area contributed by atoms with E-state index >= 15 is 0 Å². The molecule has 0 saturated carbocycles. The van der Waals surface area contributed by atoms with Crippen molar-refractivity contribution in [3.05, 3.63) is 0 Å². The molecule has 0 spiro atoms. The van der Waals surface area contributed by atoms with E-state index in [0.717, 1.165) is 0 Å². The minimum atomic E-state index is 0. The van der Waals surface area contributed by atoms with Gasteiger partial charge in [0.15, 0.2) is 0 Å². The Morgan fingerprint density at radius 1 is 0.600 bits per heavy atom. The summed E-state index contributed by atoms with van der Waals surface area (Å²) in [6.45, 7) is 0. The van der Waals surface area contributed by atoms with Gasteiger partial charge >= 0.3 is 17.1 Å². The van der Waals surface area contributed by atoms with E-state index in [2.05, 4.69) is 0 Å². The molecule has 0 aromatic rings. The summed E-state index contributed by atoms with van der Waals surface area (Å²) < 4.78 is 0. The summed E-state index contributed by atoms with van der Waals surface area (Å²) in [6.07, 6.45) is 0. The first-order chi connectivity index (χ1) is 0.